The molecule has 6 aliphatic rings. The van der Waals surface area contributed by atoms with Crippen LogP contribution in [0.5, 0.6) is 0 Å². The van der Waals surface area contributed by atoms with Gasteiger partial charge in [0.1, 0.15) is 0 Å². The molecule has 6 rings (SSSR count). The monoisotopic (exact) mass is 414 g/mol. The summed E-state index contributed by atoms with van der Waals surface area (Å²) in [7, 11) is 0. The molecule has 3 nitrogen and oxygen atoms in total. The van der Waals surface area contributed by atoms with Crippen molar-refractivity contribution in [2.24, 2.45) is 46.3 Å². The summed E-state index contributed by atoms with van der Waals surface area (Å²) < 4.78 is 13.3. The molecule has 1 N–H and O–H groups in total. The molecule has 11 atom stereocenters. The molecular weight excluding hydrogens is 372 g/mol. The average Bonchev–Trinajstić information content (AvgIpc) is 3.16. The smallest absolute Gasteiger partial charge is 0.171 e. The van der Waals surface area contributed by atoms with E-state index in [4.69, 9.17) is 9.47 Å². The summed E-state index contributed by atoms with van der Waals surface area (Å²) in [6.07, 6.45) is 13.5. The Kier molecular flexibility index (Phi) is 4.44. The van der Waals surface area contributed by atoms with E-state index >= 15 is 0 Å². The fraction of sp³-hybridized carbons (Fsp3) is 0.926. The molecule has 0 amide bonds. The van der Waals surface area contributed by atoms with Crippen LogP contribution < -0.4 is 0 Å². The molecule has 2 saturated heterocycles. The molecule has 0 radical (unpaired) electrons. The zero-order valence-corrected chi connectivity index (χ0v) is 19.5. The van der Waals surface area contributed by atoms with E-state index in [1.54, 1.807) is 5.57 Å². The molecule has 3 heteroatoms. The van der Waals surface area contributed by atoms with Crippen LogP contribution in [0, 0.1) is 46.3 Å². The molecule has 30 heavy (non-hydrogen) atoms. The zero-order chi connectivity index (χ0) is 20.9. The van der Waals surface area contributed by atoms with Crippen LogP contribution in [0.25, 0.3) is 0 Å². The van der Waals surface area contributed by atoms with E-state index in [2.05, 4.69) is 33.8 Å². The third kappa shape index (κ3) is 2.55. The third-order valence-corrected chi connectivity index (χ3v) is 11.3. The van der Waals surface area contributed by atoms with E-state index in [-0.39, 0.29) is 11.9 Å². The van der Waals surface area contributed by atoms with Gasteiger partial charge >= 0.3 is 0 Å². The summed E-state index contributed by atoms with van der Waals surface area (Å²) in [5.74, 6) is 3.94. The molecule has 0 aromatic rings. The van der Waals surface area contributed by atoms with Crippen LogP contribution in [0.2, 0.25) is 0 Å². The highest BCUT2D eigenvalue weighted by atomic mass is 16.7. The number of aliphatic hydroxyl groups is 1. The Bertz CT molecular complexity index is 736. The number of ether oxygens (including phenoxy) is 2. The summed E-state index contributed by atoms with van der Waals surface area (Å²) in [6.45, 7) is 10.8. The van der Waals surface area contributed by atoms with Crippen LogP contribution in [-0.4, -0.2) is 29.7 Å². The van der Waals surface area contributed by atoms with Gasteiger partial charge in [0.05, 0.1) is 18.8 Å². The number of fused-ring (bicyclic) bond motifs is 7. The number of aliphatic hydroxyl groups excluding tert-OH is 1. The molecule has 0 bridgehead atoms. The third-order valence-electron chi connectivity index (χ3n) is 11.3. The fourth-order valence-corrected chi connectivity index (χ4v) is 9.66. The van der Waals surface area contributed by atoms with E-state index in [1.165, 1.54) is 38.5 Å². The number of rotatable bonds is 0. The van der Waals surface area contributed by atoms with Crippen molar-refractivity contribution in [1.29, 1.82) is 0 Å². The first kappa shape index (κ1) is 20.2. The highest BCUT2D eigenvalue weighted by Crippen LogP contribution is 2.70. The molecule has 1 spiro atoms. The van der Waals surface area contributed by atoms with Gasteiger partial charge < -0.3 is 14.6 Å². The Balaban J connectivity index is 1.28. The van der Waals surface area contributed by atoms with Crippen molar-refractivity contribution >= 4 is 0 Å². The molecule has 5 fully saturated rings. The maximum Gasteiger partial charge on any atom is 0.171 e. The second kappa shape index (κ2) is 6.58. The van der Waals surface area contributed by atoms with Crippen molar-refractivity contribution in [3.05, 3.63) is 11.6 Å². The summed E-state index contributed by atoms with van der Waals surface area (Å²) in [4.78, 5) is 0. The maximum atomic E-state index is 10.3. The van der Waals surface area contributed by atoms with E-state index in [0.717, 1.165) is 43.6 Å². The van der Waals surface area contributed by atoms with Gasteiger partial charge in [0.15, 0.2) is 5.79 Å². The van der Waals surface area contributed by atoms with Gasteiger partial charge in [0.2, 0.25) is 0 Å². The van der Waals surface area contributed by atoms with Gasteiger partial charge in [0.25, 0.3) is 0 Å². The van der Waals surface area contributed by atoms with Crippen molar-refractivity contribution in [3.63, 3.8) is 0 Å². The molecule has 0 aromatic carbocycles. The predicted molar refractivity (Wildman–Crippen MR) is 118 cm³/mol. The highest BCUT2D eigenvalue weighted by Gasteiger charge is 2.68. The Hall–Kier alpha value is -0.380. The molecule has 4 aliphatic carbocycles. The summed E-state index contributed by atoms with van der Waals surface area (Å²) in [6, 6.07) is 0. The van der Waals surface area contributed by atoms with Gasteiger partial charge in [-0.25, -0.2) is 0 Å². The first-order valence-electron chi connectivity index (χ1n) is 13.0. The SMILES string of the molecule is CC1CC[C@@]2(OC1)OC1CC3C4CC=C5CC(O)CC[C@]5(C)C4CC[C@]3(C)C1C2C. The minimum Gasteiger partial charge on any atom is -0.393 e. The molecular formula is C27H42O3. The molecule has 2 heterocycles. The van der Waals surface area contributed by atoms with Gasteiger partial charge in [-0.2, -0.15) is 0 Å². The van der Waals surface area contributed by atoms with E-state index in [9.17, 15) is 5.11 Å². The van der Waals surface area contributed by atoms with Crippen LogP contribution in [0.15, 0.2) is 11.6 Å². The zero-order valence-electron chi connectivity index (χ0n) is 19.5. The van der Waals surface area contributed by atoms with Crippen LogP contribution in [0.4, 0.5) is 0 Å². The quantitative estimate of drug-likeness (QED) is 0.516. The Labute approximate surface area is 183 Å². The Morgan fingerprint density at radius 3 is 2.63 bits per heavy atom. The summed E-state index contributed by atoms with van der Waals surface area (Å²) in [5, 5.41) is 10.3. The van der Waals surface area contributed by atoms with Crippen molar-refractivity contribution in [1.82, 2.24) is 0 Å². The minimum atomic E-state index is -0.294. The lowest BCUT2D eigenvalue weighted by atomic mass is 9.47. The average molecular weight is 415 g/mol. The van der Waals surface area contributed by atoms with Gasteiger partial charge in [-0.15, -0.1) is 0 Å². The summed E-state index contributed by atoms with van der Waals surface area (Å²) >= 11 is 0. The standard InChI is InChI=1S/C27H42O3/c1-16-7-12-27(29-15-16)17(2)24-23(30-27)14-22-20-6-5-18-13-19(28)8-10-25(18,3)21(20)9-11-26(22,24)4/h5,16-17,19-24,28H,6-15H2,1-4H3/t16?,17?,19?,20?,21?,22?,23?,24?,25-,26-,27+/m0/s1. The van der Waals surface area contributed by atoms with Crippen LogP contribution in [0.1, 0.15) is 85.5 Å². The van der Waals surface area contributed by atoms with Crippen LogP contribution >= 0.6 is 0 Å². The number of allylic oxidation sites excluding steroid dienone is 1. The normalized spacial score (nSPS) is 59.8. The van der Waals surface area contributed by atoms with E-state index in [0.29, 0.717) is 34.7 Å². The first-order valence-corrected chi connectivity index (χ1v) is 13.0. The second-order valence-electron chi connectivity index (χ2n) is 12.7. The van der Waals surface area contributed by atoms with Crippen LogP contribution in [-0.2, 0) is 9.47 Å². The lowest BCUT2D eigenvalue weighted by molar-refractivity contribution is -0.272. The fourth-order valence-electron chi connectivity index (χ4n) is 9.66. The maximum absolute atomic E-state index is 10.3. The minimum absolute atomic E-state index is 0.107. The lowest BCUT2D eigenvalue weighted by Gasteiger charge is -2.58. The van der Waals surface area contributed by atoms with Crippen molar-refractivity contribution in [2.45, 2.75) is 103 Å². The lowest BCUT2D eigenvalue weighted by Crippen LogP contribution is -2.52. The first-order chi connectivity index (χ1) is 14.3. The van der Waals surface area contributed by atoms with Gasteiger partial charge in [-0.1, -0.05) is 39.3 Å². The molecule has 168 valence electrons. The largest absolute Gasteiger partial charge is 0.393 e. The van der Waals surface area contributed by atoms with Crippen molar-refractivity contribution in [2.75, 3.05) is 6.61 Å². The highest BCUT2D eigenvalue weighted by molar-refractivity contribution is 5.26. The predicted octanol–water partition coefficient (Wildman–Crippen LogP) is 5.71. The second-order valence-corrected chi connectivity index (χ2v) is 12.7. The molecule has 0 aromatic heterocycles. The Morgan fingerprint density at radius 1 is 1.03 bits per heavy atom. The van der Waals surface area contributed by atoms with E-state index < -0.39 is 0 Å². The topological polar surface area (TPSA) is 38.7 Å². The van der Waals surface area contributed by atoms with Gasteiger partial charge in [-0.05, 0) is 91.8 Å². The van der Waals surface area contributed by atoms with Gasteiger partial charge in [-0.3, -0.25) is 0 Å². The van der Waals surface area contributed by atoms with Crippen LogP contribution in [0.3, 0.4) is 0 Å². The number of hydrogen-bond acceptors (Lipinski definition) is 3. The Morgan fingerprint density at radius 2 is 1.87 bits per heavy atom. The molecule has 2 aliphatic heterocycles. The molecule has 3 saturated carbocycles. The van der Waals surface area contributed by atoms with Gasteiger partial charge in [0, 0.05) is 12.3 Å². The van der Waals surface area contributed by atoms with Crippen molar-refractivity contribution in [3.8, 4) is 0 Å². The summed E-state index contributed by atoms with van der Waals surface area (Å²) in [5.41, 5.74) is 2.31. The number of hydrogen-bond donors (Lipinski definition) is 1. The van der Waals surface area contributed by atoms with E-state index in [1.807, 2.05) is 0 Å². The van der Waals surface area contributed by atoms with Crippen molar-refractivity contribution < 1.29 is 14.6 Å². The molecule has 8 unspecified atom stereocenters.